The third-order valence-electron chi connectivity index (χ3n) is 2.52. The summed E-state index contributed by atoms with van der Waals surface area (Å²) in [6.45, 7) is 4.00. The van der Waals surface area contributed by atoms with E-state index < -0.39 is 0 Å². The summed E-state index contributed by atoms with van der Waals surface area (Å²) in [4.78, 5) is 3.97. The number of aromatic nitrogens is 1. The number of nitrogens with zero attached hydrogens (tertiary/aromatic N) is 2. The lowest BCUT2D eigenvalue weighted by Crippen LogP contribution is -2.04. The molecule has 3 N–H and O–H groups in total. The Morgan fingerprint density at radius 3 is 2.15 bits per heavy atom. The smallest absolute Gasteiger partial charge is 0.123 e. The molecule has 0 amide bonds. The van der Waals surface area contributed by atoms with Crippen molar-refractivity contribution in [1.29, 1.82) is 0 Å². The van der Waals surface area contributed by atoms with Crippen LogP contribution in [0.1, 0.15) is 25.0 Å². The molecule has 5 nitrogen and oxygen atoms in total. The molecule has 2 rings (SSSR count). The van der Waals surface area contributed by atoms with E-state index in [0.29, 0.717) is 17.1 Å². The molecule has 1 aromatic heterocycles. The fourth-order valence-corrected chi connectivity index (χ4v) is 1.58. The van der Waals surface area contributed by atoms with Crippen molar-refractivity contribution in [3.05, 3.63) is 53.7 Å². The minimum atomic E-state index is 0.422. The summed E-state index contributed by atoms with van der Waals surface area (Å²) >= 11 is 0. The molecule has 0 fully saturated rings. The van der Waals surface area contributed by atoms with E-state index in [9.17, 15) is 0 Å². The van der Waals surface area contributed by atoms with Crippen LogP contribution in [0.4, 0.5) is 5.82 Å². The molecule has 0 radical (unpaired) electrons. The number of rotatable bonds is 3. The molecule has 0 bridgehead atoms. The van der Waals surface area contributed by atoms with Crippen molar-refractivity contribution in [3.63, 3.8) is 0 Å². The monoisotopic (exact) mass is 273 g/mol. The Morgan fingerprint density at radius 1 is 1.10 bits per heavy atom. The maximum atomic E-state index is 9.13. The van der Waals surface area contributed by atoms with Gasteiger partial charge in [-0.05, 0) is 36.4 Å². The van der Waals surface area contributed by atoms with Crippen molar-refractivity contribution in [2.24, 2.45) is 5.16 Å². The van der Waals surface area contributed by atoms with Crippen LogP contribution in [0.25, 0.3) is 0 Å². The molecular formula is C15H19N3O2. The topological polar surface area (TPSA) is 80.7 Å². The Labute approximate surface area is 118 Å². The molecular weight excluding hydrogens is 254 g/mol. The molecule has 0 unspecified atom stereocenters. The Morgan fingerprint density at radius 2 is 1.70 bits per heavy atom. The van der Waals surface area contributed by atoms with Crippen molar-refractivity contribution in [3.8, 4) is 5.75 Å². The van der Waals surface area contributed by atoms with Crippen LogP contribution >= 0.6 is 0 Å². The molecule has 0 saturated heterocycles. The molecule has 0 atom stereocenters. The van der Waals surface area contributed by atoms with Gasteiger partial charge in [-0.15, -0.1) is 0 Å². The highest BCUT2D eigenvalue weighted by atomic mass is 16.5. The first kappa shape index (κ1) is 15.5. The van der Waals surface area contributed by atoms with E-state index in [0.717, 1.165) is 11.3 Å². The zero-order valence-corrected chi connectivity index (χ0v) is 11.9. The molecule has 0 aliphatic rings. The molecule has 20 heavy (non-hydrogen) atoms. The number of nitrogen functional groups attached to an aromatic ring is 1. The number of oxime groups is 1. The zero-order valence-electron chi connectivity index (χ0n) is 11.9. The van der Waals surface area contributed by atoms with E-state index in [-0.39, 0.29) is 0 Å². The van der Waals surface area contributed by atoms with Gasteiger partial charge in [-0.2, -0.15) is 0 Å². The Kier molecular flexibility index (Phi) is 6.03. The second kappa shape index (κ2) is 7.78. The number of nitrogens with two attached hydrogens (primary N) is 1. The van der Waals surface area contributed by atoms with E-state index >= 15 is 0 Å². The Balaban J connectivity index is 0.000000956. The fraction of sp³-hybridized carbons (Fsp3) is 0.200. The van der Waals surface area contributed by atoms with Gasteiger partial charge in [-0.1, -0.05) is 19.0 Å². The SMILES string of the molecule is CC.COc1ccc(/C(=N/O)c2ccc(N)nc2)cc1. The van der Waals surface area contributed by atoms with Gasteiger partial charge in [-0.3, -0.25) is 0 Å². The van der Waals surface area contributed by atoms with Crippen molar-refractivity contribution < 1.29 is 9.94 Å². The number of benzene rings is 1. The van der Waals surface area contributed by atoms with Gasteiger partial charge >= 0.3 is 0 Å². The van der Waals surface area contributed by atoms with Gasteiger partial charge < -0.3 is 15.7 Å². The number of hydrogen-bond donors (Lipinski definition) is 2. The lowest BCUT2D eigenvalue weighted by molar-refractivity contribution is 0.319. The molecule has 106 valence electrons. The van der Waals surface area contributed by atoms with Crippen molar-refractivity contribution in [2.75, 3.05) is 12.8 Å². The lowest BCUT2D eigenvalue weighted by atomic mass is 10.0. The fourth-order valence-electron chi connectivity index (χ4n) is 1.58. The minimum Gasteiger partial charge on any atom is -0.497 e. The van der Waals surface area contributed by atoms with Crippen LogP contribution in [-0.2, 0) is 0 Å². The summed E-state index contributed by atoms with van der Waals surface area (Å²) in [5.41, 5.74) is 7.41. The van der Waals surface area contributed by atoms with E-state index in [2.05, 4.69) is 10.1 Å². The molecule has 0 aliphatic carbocycles. The van der Waals surface area contributed by atoms with Gasteiger partial charge in [-0.25, -0.2) is 4.98 Å². The van der Waals surface area contributed by atoms with Crippen LogP contribution in [0, 0.1) is 0 Å². The Bertz CT molecular complexity index is 548. The summed E-state index contributed by atoms with van der Waals surface area (Å²) < 4.78 is 5.07. The van der Waals surface area contributed by atoms with Gasteiger partial charge in [0.15, 0.2) is 0 Å². The summed E-state index contributed by atoms with van der Waals surface area (Å²) in [5, 5.41) is 12.4. The normalized spacial score (nSPS) is 10.4. The van der Waals surface area contributed by atoms with E-state index in [1.165, 1.54) is 0 Å². The van der Waals surface area contributed by atoms with Crippen LogP contribution in [0.5, 0.6) is 5.75 Å². The molecule has 0 aliphatic heterocycles. The van der Waals surface area contributed by atoms with Crippen LogP contribution in [0.3, 0.4) is 0 Å². The maximum Gasteiger partial charge on any atom is 0.123 e. The lowest BCUT2D eigenvalue weighted by Gasteiger charge is -2.06. The number of hydrogen-bond acceptors (Lipinski definition) is 5. The van der Waals surface area contributed by atoms with E-state index in [1.807, 2.05) is 26.0 Å². The predicted octanol–water partition coefficient (Wildman–Crippen LogP) is 2.93. The summed E-state index contributed by atoms with van der Waals surface area (Å²) in [6.07, 6.45) is 1.56. The highest BCUT2D eigenvalue weighted by Gasteiger charge is 2.08. The molecule has 1 aromatic carbocycles. The molecule has 2 aromatic rings. The molecule has 0 saturated carbocycles. The van der Waals surface area contributed by atoms with Gasteiger partial charge in [0.1, 0.15) is 17.3 Å². The standard InChI is InChI=1S/C13H13N3O2.C2H6/c1-18-11-5-2-9(3-6-11)13(16-17)10-4-7-12(14)15-8-10;1-2/h2-8,17H,1H3,(H2,14,15);1-2H3/b16-13-;. The molecule has 5 heteroatoms. The largest absolute Gasteiger partial charge is 0.497 e. The average molecular weight is 273 g/mol. The van der Waals surface area contributed by atoms with Crippen molar-refractivity contribution in [2.45, 2.75) is 13.8 Å². The van der Waals surface area contributed by atoms with Gasteiger partial charge in [0.2, 0.25) is 0 Å². The zero-order chi connectivity index (χ0) is 15.0. The minimum absolute atomic E-state index is 0.422. The van der Waals surface area contributed by atoms with Gasteiger partial charge in [0, 0.05) is 17.3 Å². The number of pyridine rings is 1. The number of ether oxygens (including phenoxy) is 1. The second-order valence-corrected chi connectivity index (χ2v) is 3.65. The highest BCUT2D eigenvalue weighted by Crippen LogP contribution is 2.15. The third kappa shape index (κ3) is 3.71. The van der Waals surface area contributed by atoms with Crippen LogP contribution in [0.15, 0.2) is 47.8 Å². The molecule has 0 spiro atoms. The molecule has 1 heterocycles. The second-order valence-electron chi connectivity index (χ2n) is 3.65. The predicted molar refractivity (Wildman–Crippen MR) is 80.4 cm³/mol. The maximum absolute atomic E-state index is 9.13. The number of anilines is 1. The van der Waals surface area contributed by atoms with E-state index in [4.69, 9.17) is 15.7 Å². The summed E-state index contributed by atoms with van der Waals surface area (Å²) in [7, 11) is 1.60. The van der Waals surface area contributed by atoms with Crippen LogP contribution in [0.2, 0.25) is 0 Å². The summed E-state index contributed by atoms with van der Waals surface area (Å²) in [6, 6.07) is 10.6. The van der Waals surface area contributed by atoms with Crippen molar-refractivity contribution >= 4 is 11.5 Å². The third-order valence-corrected chi connectivity index (χ3v) is 2.52. The van der Waals surface area contributed by atoms with Crippen LogP contribution in [-0.4, -0.2) is 23.0 Å². The Hall–Kier alpha value is -2.56. The highest BCUT2D eigenvalue weighted by molar-refractivity contribution is 6.12. The van der Waals surface area contributed by atoms with E-state index in [1.54, 1.807) is 37.6 Å². The average Bonchev–Trinajstić information content (AvgIpc) is 2.52. The first-order valence-corrected chi connectivity index (χ1v) is 6.33. The van der Waals surface area contributed by atoms with Gasteiger partial charge in [0.25, 0.3) is 0 Å². The van der Waals surface area contributed by atoms with Crippen molar-refractivity contribution in [1.82, 2.24) is 4.98 Å². The summed E-state index contributed by atoms with van der Waals surface area (Å²) in [5.74, 6) is 1.16. The van der Waals surface area contributed by atoms with Crippen LogP contribution < -0.4 is 10.5 Å². The number of methoxy groups -OCH3 is 1. The quantitative estimate of drug-likeness (QED) is 0.512. The van der Waals surface area contributed by atoms with Gasteiger partial charge in [0.05, 0.1) is 7.11 Å². The first-order valence-electron chi connectivity index (χ1n) is 6.33. The first-order chi connectivity index (χ1) is 9.74.